The van der Waals surface area contributed by atoms with E-state index in [0.717, 1.165) is 30.7 Å². The van der Waals surface area contributed by atoms with Crippen molar-refractivity contribution in [3.05, 3.63) is 54.0 Å². The highest BCUT2D eigenvalue weighted by Gasteiger charge is 2.25. The molecule has 0 radical (unpaired) electrons. The number of rotatable bonds is 7. The molecule has 0 saturated carbocycles. The van der Waals surface area contributed by atoms with E-state index in [9.17, 15) is 4.39 Å². The van der Waals surface area contributed by atoms with Gasteiger partial charge in [0.25, 0.3) is 0 Å². The van der Waals surface area contributed by atoms with Crippen LogP contribution < -0.4 is 10.5 Å². The van der Waals surface area contributed by atoms with Crippen LogP contribution in [0.25, 0.3) is 28.1 Å². The molecule has 9 heteroatoms. The maximum absolute atomic E-state index is 14.5. The lowest BCUT2D eigenvalue weighted by Gasteiger charge is -2.24. The lowest BCUT2D eigenvalue weighted by Crippen LogP contribution is -2.28. The molecule has 178 valence electrons. The van der Waals surface area contributed by atoms with Gasteiger partial charge in [0.1, 0.15) is 12.3 Å². The Balaban J connectivity index is 1.49. The smallest absolute Gasteiger partial charge is 0.187 e. The maximum Gasteiger partial charge on any atom is 0.187 e. The number of aromatic nitrogens is 4. The molecule has 0 unspecified atom stereocenters. The first-order chi connectivity index (χ1) is 16.4. The molecule has 4 heterocycles. The average molecular weight is 465 g/mol. The summed E-state index contributed by atoms with van der Waals surface area (Å²) in [4.78, 5) is 7.14. The fourth-order valence-electron chi connectivity index (χ4n) is 4.34. The van der Waals surface area contributed by atoms with E-state index < -0.39 is 5.82 Å². The molecule has 8 nitrogen and oxygen atoms in total. The van der Waals surface area contributed by atoms with Gasteiger partial charge in [-0.25, -0.2) is 9.37 Å². The van der Waals surface area contributed by atoms with Crippen molar-refractivity contribution in [2.45, 2.75) is 38.5 Å². The highest BCUT2D eigenvalue weighted by atomic mass is 19.1. The first-order valence-corrected chi connectivity index (χ1v) is 11.5. The van der Waals surface area contributed by atoms with Crippen LogP contribution >= 0.6 is 0 Å². The summed E-state index contributed by atoms with van der Waals surface area (Å²) >= 11 is 0. The summed E-state index contributed by atoms with van der Waals surface area (Å²) in [6, 6.07) is 11.2. The minimum absolute atomic E-state index is 0.145. The third kappa shape index (κ3) is 4.34. The summed E-state index contributed by atoms with van der Waals surface area (Å²) in [5, 5.41) is 9.39. The molecule has 1 fully saturated rings. The molecule has 3 aromatic heterocycles. The van der Waals surface area contributed by atoms with Gasteiger partial charge in [0, 0.05) is 49.9 Å². The van der Waals surface area contributed by atoms with Crippen LogP contribution in [0.2, 0.25) is 0 Å². The highest BCUT2D eigenvalue weighted by molar-refractivity contribution is 5.82. The van der Waals surface area contributed by atoms with Crippen LogP contribution in [0.4, 0.5) is 4.39 Å². The highest BCUT2D eigenvalue weighted by Crippen LogP contribution is 2.28. The Kier molecular flexibility index (Phi) is 6.16. The monoisotopic (exact) mass is 464 g/mol. The third-order valence-corrected chi connectivity index (χ3v) is 6.56. The Morgan fingerprint density at radius 3 is 2.79 bits per heavy atom. The van der Waals surface area contributed by atoms with E-state index in [1.54, 1.807) is 13.2 Å². The van der Waals surface area contributed by atoms with E-state index in [1.165, 1.54) is 6.07 Å². The predicted octanol–water partition coefficient (Wildman–Crippen LogP) is 3.59. The van der Waals surface area contributed by atoms with Gasteiger partial charge in [0.2, 0.25) is 0 Å². The van der Waals surface area contributed by atoms with E-state index in [2.05, 4.69) is 34.3 Å². The van der Waals surface area contributed by atoms with Crippen LogP contribution in [0.3, 0.4) is 0 Å². The zero-order valence-corrected chi connectivity index (χ0v) is 19.6. The number of halogens is 1. The van der Waals surface area contributed by atoms with E-state index in [0.29, 0.717) is 22.4 Å². The van der Waals surface area contributed by atoms with Gasteiger partial charge in [-0.05, 0) is 44.0 Å². The van der Waals surface area contributed by atoms with E-state index in [4.69, 9.17) is 20.2 Å². The van der Waals surface area contributed by atoms with Crippen LogP contribution in [0.1, 0.15) is 31.9 Å². The predicted molar refractivity (Wildman–Crippen MR) is 128 cm³/mol. The molecule has 4 aromatic rings. The number of ether oxygens (including phenoxy) is 2. The second kappa shape index (κ2) is 9.25. The first-order valence-electron chi connectivity index (χ1n) is 11.5. The van der Waals surface area contributed by atoms with Crippen molar-refractivity contribution in [1.82, 2.24) is 24.5 Å². The lowest BCUT2D eigenvalue weighted by atomic mass is 10.1. The van der Waals surface area contributed by atoms with Crippen LogP contribution in [0.15, 0.2) is 42.6 Å². The number of benzene rings is 1. The van der Waals surface area contributed by atoms with Crippen molar-refractivity contribution >= 4 is 16.6 Å². The van der Waals surface area contributed by atoms with Crippen molar-refractivity contribution in [2.75, 3.05) is 26.8 Å². The molecule has 1 aliphatic heterocycles. The summed E-state index contributed by atoms with van der Waals surface area (Å²) in [7, 11) is 1.59. The molecule has 0 spiro atoms. The van der Waals surface area contributed by atoms with Gasteiger partial charge in [0.05, 0.1) is 11.6 Å². The minimum Gasteiger partial charge on any atom is -0.488 e. The number of pyridine rings is 2. The normalized spacial score (nSPS) is 18.6. The van der Waals surface area contributed by atoms with Gasteiger partial charge in [-0.2, -0.15) is 0 Å². The molecule has 0 bridgehead atoms. The minimum atomic E-state index is -0.432. The number of fused-ring (bicyclic) bond motifs is 2. The number of hydrogen-bond acceptors (Lipinski definition) is 7. The Morgan fingerprint density at radius 1 is 1.18 bits per heavy atom. The molecule has 3 atom stereocenters. The Bertz CT molecular complexity index is 1330. The van der Waals surface area contributed by atoms with Gasteiger partial charge in [-0.1, -0.05) is 12.1 Å². The molecule has 0 aliphatic carbocycles. The summed E-state index contributed by atoms with van der Waals surface area (Å²) in [6.07, 6.45) is 2.93. The summed E-state index contributed by atoms with van der Waals surface area (Å²) < 4.78 is 27.2. The molecule has 5 rings (SSSR count). The van der Waals surface area contributed by atoms with Crippen molar-refractivity contribution < 1.29 is 13.9 Å². The topological polar surface area (TPSA) is 90.8 Å². The van der Waals surface area contributed by atoms with Gasteiger partial charge < -0.3 is 15.2 Å². The number of nitrogens with two attached hydrogens (primary N) is 1. The van der Waals surface area contributed by atoms with Gasteiger partial charge in [-0.3, -0.25) is 9.30 Å². The number of likely N-dealkylation sites (tertiary alicyclic amines) is 1. The largest absolute Gasteiger partial charge is 0.488 e. The Morgan fingerprint density at radius 2 is 2.03 bits per heavy atom. The Hall–Kier alpha value is -3.14. The van der Waals surface area contributed by atoms with Crippen LogP contribution in [0.5, 0.6) is 5.75 Å². The van der Waals surface area contributed by atoms with Gasteiger partial charge in [-0.15, -0.1) is 10.2 Å². The SMILES string of the molecule is CO[C@H](C)COc1cc2nc(-c3nnc4ccc([C@H](C)N5CC[C@H](N)C5)cn34)ccc2cc1F. The zero-order chi connectivity index (χ0) is 23.8. The molecule has 0 amide bonds. The molecule has 34 heavy (non-hydrogen) atoms. The third-order valence-electron chi connectivity index (χ3n) is 6.56. The van der Waals surface area contributed by atoms with Crippen molar-refractivity contribution in [3.8, 4) is 17.3 Å². The van der Waals surface area contributed by atoms with Gasteiger partial charge >= 0.3 is 0 Å². The van der Waals surface area contributed by atoms with E-state index in [1.807, 2.05) is 29.5 Å². The van der Waals surface area contributed by atoms with Crippen molar-refractivity contribution in [2.24, 2.45) is 5.73 Å². The van der Waals surface area contributed by atoms with E-state index >= 15 is 0 Å². The van der Waals surface area contributed by atoms with Crippen LogP contribution in [-0.4, -0.2) is 63.4 Å². The molecule has 1 aliphatic rings. The second-order valence-corrected chi connectivity index (χ2v) is 8.96. The average Bonchev–Trinajstić information content (AvgIpc) is 3.47. The zero-order valence-electron chi connectivity index (χ0n) is 19.6. The fraction of sp³-hybridized carbons (Fsp3) is 0.400. The van der Waals surface area contributed by atoms with Gasteiger partial charge in [0.15, 0.2) is 23.0 Å². The summed E-state index contributed by atoms with van der Waals surface area (Å²) in [5.74, 6) is 0.342. The Labute approximate surface area is 197 Å². The molecular weight excluding hydrogens is 435 g/mol. The van der Waals surface area contributed by atoms with Crippen LogP contribution in [0, 0.1) is 5.82 Å². The summed E-state index contributed by atoms with van der Waals surface area (Å²) in [6.45, 7) is 6.18. The number of nitrogens with zero attached hydrogens (tertiary/aromatic N) is 5. The molecule has 2 N–H and O–H groups in total. The van der Waals surface area contributed by atoms with Crippen molar-refractivity contribution in [3.63, 3.8) is 0 Å². The number of hydrogen-bond donors (Lipinski definition) is 1. The molecule has 1 aromatic carbocycles. The maximum atomic E-state index is 14.5. The lowest BCUT2D eigenvalue weighted by molar-refractivity contribution is 0.0702. The van der Waals surface area contributed by atoms with E-state index in [-0.39, 0.29) is 30.5 Å². The fourth-order valence-corrected chi connectivity index (χ4v) is 4.34. The molecular formula is C25H29FN6O2. The standard InChI is InChI=1S/C25H29FN6O2/c1-15(33-3)14-34-23-11-22-17(10-20(23)26)4-6-21(28-22)25-30-29-24-7-5-18(12-32(24)25)16(2)31-9-8-19(27)13-31/h4-7,10-12,15-16,19H,8-9,13-14,27H2,1-3H3/t15-,16+,19+/m1/s1. The quantitative estimate of drug-likeness (QED) is 0.447. The van der Waals surface area contributed by atoms with Crippen LogP contribution in [-0.2, 0) is 4.74 Å². The van der Waals surface area contributed by atoms with Crippen molar-refractivity contribution in [1.29, 1.82) is 0 Å². The first kappa shape index (κ1) is 22.6. The number of methoxy groups -OCH3 is 1. The summed E-state index contributed by atoms with van der Waals surface area (Å²) in [5.41, 5.74) is 9.27. The second-order valence-electron chi connectivity index (χ2n) is 8.96. The molecule has 1 saturated heterocycles.